The predicted octanol–water partition coefficient (Wildman–Crippen LogP) is 4.55. The van der Waals surface area contributed by atoms with Crippen LogP contribution in [0.25, 0.3) is 11.3 Å². The quantitative estimate of drug-likeness (QED) is 0.768. The molecule has 0 saturated heterocycles. The van der Waals surface area contributed by atoms with E-state index < -0.39 is 5.97 Å². The number of hydrogen-bond donors (Lipinski definition) is 1. The third-order valence-electron chi connectivity index (χ3n) is 3.37. The Labute approximate surface area is 134 Å². The molecule has 23 heavy (non-hydrogen) atoms. The van der Waals surface area contributed by atoms with Crippen LogP contribution in [0.15, 0.2) is 66.7 Å². The van der Waals surface area contributed by atoms with Gasteiger partial charge in [-0.25, -0.2) is 9.78 Å². The lowest BCUT2D eigenvalue weighted by atomic mass is 10.1. The van der Waals surface area contributed by atoms with Crippen LogP contribution in [0.2, 0.25) is 0 Å². The van der Waals surface area contributed by atoms with E-state index in [0.29, 0.717) is 11.4 Å². The fraction of sp³-hybridized carbons (Fsp3) is 0.0526. The van der Waals surface area contributed by atoms with E-state index >= 15 is 0 Å². The largest absolute Gasteiger partial charge is 0.477 e. The molecule has 1 heterocycles. The van der Waals surface area contributed by atoms with Gasteiger partial charge in [0.15, 0.2) is 0 Å². The standard InChI is InChI=1S/C19H15NO3/c1-13-5-9-15(10-6-13)23-16-11-7-14(8-12-16)17-3-2-4-18(20-17)19(21)22/h2-12H,1H3,(H,21,22). The Bertz CT molecular complexity index is 824. The molecule has 0 spiro atoms. The lowest BCUT2D eigenvalue weighted by molar-refractivity contribution is 0.0690. The molecular formula is C19H15NO3. The molecule has 0 radical (unpaired) electrons. The third kappa shape index (κ3) is 3.55. The molecule has 0 aliphatic rings. The Kier molecular flexibility index (Phi) is 4.06. The van der Waals surface area contributed by atoms with Gasteiger partial charge in [-0.3, -0.25) is 0 Å². The number of aromatic nitrogens is 1. The summed E-state index contributed by atoms with van der Waals surface area (Å²) in [4.78, 5) is 15.1. The lowest BCUT2D eigenvalue weighted by Gasteiger charge is -2.07. The van der Waals surface area contributed by atoms with Crippen LogP contribution in [0, 0.1) is 6.92 Å². The average molecular weight is 305 g/mol. The predicted molar refractivity (Wildman–Crippen MR) is 87.9 cm³/mol. The number of carboxylic acids is 1. The molecule has 0 unspecified atom stereocenters. The van der Waals surface area contributed by atoms with Gasteiger partial charge in [-0.1, -0.05) is 23.8 Å². The molecule has 3 rings (SSSR count). The fourth-order valence-electron chi connectivity index (χ4n) is 2.15. The van der Waals surface area contributed by atoms with Crippen LogP contribution in [0.1, 0.15) is 16.1 Å². The van der Waals surface area contributed by atoms with E-state index in [2.05, 4.69) is 4.98 Å². The topological polar surface area (TPSA) is 59.4 Å². The van der Waals surface area contributed by atoms with Gasteiger partial charge in [0, 0.05) is 5.56 Å². The van der Waals surface area contributed by atoms with E-state index in [1.165, 1.54) is 11.6 Å². The van der Waals surface area contributed by atoms with E-state index in [0.717, 1.165) is 11.3 Å². The number of aromatic carboxylic acids is 1. The van der Waals surface area contributed by atoms with Crippen LogP contribution in [0.3, 0.4) is 0 Å². The van der Waals surface area contributed by atoms with Crippen LogP contribution < -0.4 is 4.74 Å². The molecule has 1 aromatic heterocycles. The Balaban J connectivity index is 1.80. The van der Waals surface area contributed by atoms with Crippen LogP contribution in [0.5, 0.6) is 11.5 Å². The number of pyridine rings is 1. The molecule has 3 aromatic rings. The maximum absolute atomic E-state index is 11.0. The van der Waals surface area contributed by atoms with E-state index in [-0.39, 0.29) is 5.69 Å². The van der Waals surface area contributed by atoms with Crippen molar-refractivity contribution in [3.8, 4) is 22.8 Å². The number of hydrogen-bond acceptors (Lipinski definition) is 3. The summed E-state index contributed by atoms with van der Waals surface area (Å²) in [5.74, 6) is 0.451. The van der Waals surface area contributed by atoms with E-state index in [1.807, 2.05) is 55.5 Å². The highest BCUT2D eigenvalue weighted by Gasteiger charge is 2.07. The second-order valence-corrected chi connectivity index (χ2v) is 5.15. The monoisotopic (exact) mass is 305 g/mol. The number of aryl methyl sites for hydroxylation is 1. The second-order valence-electron chi connectivity index (χ2n) is 5.15. The van der Waals surface area contributed by atoms with Gasteiger partial charge < -0.3 is 9.84 Å². The summed E-state index contributed by atoms with van der Waals surface area (Å²) in [6.07, 6.45) is 0. The van der Waals surface area contributed by atoms with Gasteiger partial charge in [0.25, 0.3) is 0 Å². The number of benzene rings is 2. The molecule has 4 nitrogen and oxygen atoms in total. The summed E-state index contributed by atoms with van der Waals surface area (Å²) in [6.45, 7) is 2.02. The van der Waals surface area contributed by atoms with Gasteiger partial charge in [0.05, 0.1) is 5.69 Å². The molecule has 0 aliphatic carbocycles. The Morgan fingerprint density at radius 3 is 2.13 bits per heavy atom. The first-order chi connectivity index (χ1) is 11.1. The van der Waals surface area contributed by atoms with E-state index in [1.54, 1.807) is 12.1 Å². The maximum atomic E-state index is 11.0. The van der Waals surface area contributed by atoms with E-state index in [9.17, 15) is 4.79 Å². The molecule has 0 bridgehead atoms. The molecule has 0 saturated carbocycles. The zero-order chi connectivity index (χ0) is 16.2. The highest BCUT2D eigenvalue weighted by atomic mass is 16.5. The van der Waals surface area contributed by atoms with Crippen LogP contribution in [-0.2, 0) is 0 Å². The number of ether oxygens (including phenoxy) is 1. The molecule has 114 valence electrons. The minimum atomic E-state index is -1.04. The summed E-state index contributed by atoms with van der Waals surface area (Å²) in [5, 5.41) is 9.00. The van der Waals surface area contributed by atoms with Gasteiger partial charge in [0.2, 0.25) is 0 Å². The lowest BCUT2D eigenvalue weighted by Crippen LogP contribution is -2.00. The van der Waals surface area contributed by atoms with Crippen molar-refractivity contribution in [1.29, 1.82) is 0 Å². The van der Waals surface area contributed by atoms with Crippen molar-refractivity contribution in [2.24, 2.45) is 0 Å². The van der Waals surface area contributed by atoms with Gasteiger partial charge in [-0.15, -0.1) is 0 Å². The first kappa shape index (κ1) is 14.8. The van der Waals surface area contributed by atoms with Crippen molar-refractivity contribution in [2.75, 3.05) is 0 Å². The Morgan fingerprint density at radius 1 is 0.913 bits per heavy atom. The van der Waals surface area contributed by atoms with Gasteiger partial charge in [0.1, 0.15) is 17.2 Å². The zero-order valence-corrected chi connectivity index (χ0v) is 12.6. The number of rotatable bonds is 4. The van der Waals surface area contributed by atoms with E-state index in [4.69, 9.17) is 9.84 Å². The zero-order valence-electron chi connectivity index (χ0n) is 12.6. The van der Waals surface area contributed by atoms with Crippen molar-refractivity contribution in [1.82, 2.24) is 4.98 Å². The molecular weight excluding hydrogens is 290 g/mol. The number of carbonyl (C=O) groups is 1. The SMILES string of the molecule is Cc1ccc(Oc2ccc(-c3cccc(C(=O)O)n3)cc2)cc1. The first-order valence-corrected chi connectivity index (χ1v) is 7.17. The first-order valence-electron chi connectivity index (χ1n) is 7.17. The van der Waals surface area contributed by atoms with Crippen LogP contribution >= 0.6 is 0 Å². The minimum absolute atomic E-state index is 0.0301. The molecule has 2 aromatic carbocycles. The third-order valence-corrected chi connectivity index (χ3v) is 3.37. The van der Waals surface area contributed by atoms with Crippen molar-refractivity contribution in [3.05, 3.63) is 78.0 Å². The molecule has 0 atom stereocenters. The minimum Gasteiger partial charge on any atom is -0.477 e. The van der Waals surface area contributed by atoms with Crippen molar-refractivity contribution in [2.45, 2.75) is 6.92 Å². The average Bonchev–Trinajstić information content (AvgIpc) is 2.58. The molecule has 0 amide bonds. The molecule has 4 heteroatoms. The number of carboxylic acid groups (broad SMARTS) is 1. The van der Waals surface area contributed by atoms with Gasteiger partial charge in [-0.05, 0) is 55.5 Å². The normalized spacial score (nSPS) is 10.3. The second kappa shape index (κ2) is 6.32. The number of nitrogens with zero attached hydrogens (tertiary/aromatic N) is 1. The van der Waals surface area contributed by atoms with Gasteiger partial charge in [-0.2, -0.15) is 0 Å². The van der Waals surface area contributed by atoms with Crippen molar-refractivity contribution < 1.29 is 14.6 Å². The fourth-order valence-corrected chi connectivity index (χ4v) is 2.15. The summed E-state index contributed by atoms with van der Waals surface area (Å²) in [5.41, 5.74) is 2.66. The molecule has 1 N–H and O–H groups in total. The summed E-state index contributed by atoms with van der Waals surface area (Å²) in [7, 11) is 0. The highest BCUT2D eigenvalue weighted by molar-refractivity contribution is 5.86. The van der Waals surface area contributed by atoms with Crippen molar-refractivity contribution >= 4 is 5.97 Å². The van der Waals surface area contributed by atoms with Crippen LogP contribution in [0.4, 0.5) is 0 Å². The highest BCUT2D eigenvalue weighted by Crippen LogP contribution is 2.25. The maximum Gasteiger partial charge on any atom is 0.354 e. The Hall–Kier alpha value is -3.14. The summed E-state index contributed by atoms with van der Waals surface area (Å²) < 4.78 is 5.77. The van der Waals surface area contributed by atoms with Gasteiger partial charge >= 0.3 is 5.97 Å². The molecule has 0 aliphatic heterocycles. The van der Waals surface area contributed by atoms with Crippen molar-refractivity contribution in [3.63, 3.8) is 0 Å². The molecule has 0 fully saturated rings. The summed E-state index contributed by atoms with van der Waals surface area (Å²) in [6, 6.07) is 20.1. The summed E-state index contributed by atoms with van der Waals surface area (Å²) >= 11 is 0. The Morgan fingerprint density at radius 2 is 1.52 bits per heavy atom. The van der Waals surface area contributed by atoms with Crippen LogP contribution in [-0.4, -0.2) is 16.1 Å². The smallest absolute Gasteiger partial charge is 0.354 e.